The molecule has 172 valence electrons. The minimum absolute atomic E-state index is 0. The van der Waals surface area contributed by atoms with E-state index in [9.17, 15) is 9.59 Å². The number of esters is 1. The number of carbonyl (C=O) groups is 2. The number of hydrogen-bond acceptors (Lipinski definition) is 4. The SMILES string of the molecule is COC(=O)C(CC1CCCCN1)NC(=O)C(C)c1ccc2c(c1)[nH]c1ccc(Cl)cc12.Cl. The van der Waals surface area contributed by atoms with Gasteiger partial charge in [0, 0.05) is 32.9 Å². The van der Waals surface area contributed by atoms with E-state index in [1.165, 1.54) is 7.11 Å². The number of amides is 1. The molecule has 1 fully saturated rings. The fraction of sp³-hybridized carbons (Fsp3) is 0.417. The number of carbonyl (C=O) groups excluding carboxylic acids is 2. The predicted molar refractivity (Wildman–Crippen MR) is 131 cm³/mol. The van der Waals surface area contributed by atoms with Crippen LogP contribution < -0.4 is 10.6 Å². The number of halogens is 2. The average molecular weight is 478 g/mol. The fourth-order valence-corrected chi connectivity index (χ4v) is 4.55. The molecule has 1 saturated heterocycles. The number of piperidine rings is 1. The Labute approximate surface area is 198 Å². The predicted octanol–water partition coefficient (Wildman–Crippen LogP) is 4.69. The van der Waals surface area contributed by atoms with Crippen molar-refractivity contribution >= 4 is 57.7 Å². The minimum atomic E-state index is -0.658. The van der Waals surface area contributed by atoms with Crippen molar-refractivity contribution in [1.82, 2.24) is 15.6 Å². The summed E-state index contributed by atoms with van der Waals surface area (Å²) in [6, 6.07) is 11.2. The van der Waals surface area contributed by atoms with Crippen molar-refractivity contribution in [2.45, 2.75) is 50.6 Å². The average Bonchev–Trinajstić information content (AvgIpc) is 3.15. The highest BCUT2D eigenvalue weighted by Crippen LogP contribution is 2.30. The van der Waals surface area contributed by atoms with E-state index in [4.69, 9.17) is 16.3 Å². The molecule has 6 nitrogen and oxygen atoms in total. The van der Waals surface area contributed by atoms with Gasteiger partial charge in [0.1, 0.15) is 6.04 Å². The normalized spacial score (nSPS) is 18.0. The molecule has 3 N–H and O–H groups in total. The second kappa shape index (κ2) is 10.6. The summed E-state index contributed by atoms with van der Waals surface area (Å²) in [5.74, 6) is -1.01. The maximum atomic E-state index is 13.0. The Hall–Kier alpha value is -2.28. The van der Waals surface area contributed by atoms with E-state index in [1.54, 1.807) is 0 Å². The van der Waals surface area contributed by atoms with Crippen molar-refractivity contribution in [1.29, 1.82) is 0 Å². The molecule has 0 saturated carbocycles. The Bertz CT molecular complexity index is 1110. The summed E-state index contributed by atoms with van der Waals surface area (Å²) in [5.41, 5.74) is 2.83. The molecule has 0 bridgehead atoms. The van der Waals surface area contributed by atoms with Gasteiger partial charge in [-0.15, -0.1) is 12.4 Å². The molecule has 8 heteroatoms. The molecule has 1 aliphatic heterocycles. The summed E-state index contributed by atoms with van der Waals surface area (Å²) < 4.78 is 4.94. The smallest absolute Gasteiger partial charge is 0.328 e. The third-order valence-electron chi connectivity index (χ3n) is 6.21. The van der Waals surface area contributed by atoms with Gasteiger partial charge in [-0.3, -0.25) is 4.79 Å². The van der Waals surface area contributed by atoms with Crippen LogP contribution in [0.4, 0.5) is 0 Å². The molecular weight excluding hydrogens is 449 g/mol. The van der Waals surface area contributed by atoms with Crippen LogP contribution in [0.2, 0.25) is 5.02 Å². The number of methoxy groups -OCH3 is 1. The summed E-state index contributed by atoms with van der Waals surface area (Å²) in [7, 11) is 1.36. The van der Waals surface area contributed by atoms with E-state index in [0.29, 0.717) is 11.4 Å². The molecule has 4 rings (SSSR count). The van der Waals surface area contributed by atoms with Crippen molar-refractivity contribution in [3.05, 3.63) is 47.0 Å². The van der Waals surface area contributed by atoms with Crippen LogP contribution >= 0.6 is 24.0 Å². The molecule has 1 amide bonds. The molecule has 3 aromatic rings. The lowest BCUT2D eigenvalue weighted by atomic mass is 9.96. The number of ether oxygens (including phenoxy) is 1. The lowest BCUT2D eigenvalue weighted by molar-refractivity contribution is -0.145. The minimum Gasteiger partial charge on any atom is -0.467 e. The van der Waals surface area contributed by atoms with Gasteiger partial charge in [-0.1, -0.05) is 30.2 Å². The van der Waals surface area contributed by atoms with Gasteiger partial charge in [-0.05, 0) is 62.6 Å². The summed E-state index contributed by atoms with van der Waals surface area (Å²) in [6.07, 6.45) is 3.81. The first kappa shape index (κ1) is 24.4. The molecule has 2 aromatic carbocycles. The Morgan fingerprint density at radius 2 is 1.97 bits per heavy atom. The Kier molecular flexibility index (Phi) is 8.04. The Morgan fingerprint density at radius 3 is 2.69 bits per heavy atom. The molecule has 1 aliphatic rings. The fourth-order valence-electron chi connectivity index (χ4n) is 4.38. The van der Waals surface area contributed by atoms with Crippen LogP contribution in [0.25, 0.3) is 21.8 Å². The Balaban J connectivity index is 0.00000289. The number of H-pyrrole nitrogens is 1. The lowest BCUT2D eigenvalue weighted by Gasteiger charge is -2.27. The van der Waals surface area contributed by atoms with Gasteiger partial charge in [0.2, 0.25) is 5.91 Å². The van der Waals surface area contributed by atoms with E-state index in [0.717, 1.165) is 53.2 Å². The van der Waals surface area contributed by atoms with Crippen LogP contribution in [-0.4, -0.2) is 42.6 Å². The number of aromatic amines is 1. The van der Waals surface area contributed by atoms with Gasteiger partial charge in [0.15, 0.2) is 0 Å². The number of benzene rings is 2. The monoisotopic (exact) mass is 477 g/mol. The highest BCUT2D eigenvalue weighted by Gasteiger charge is 2.28. The first-order valence-electron chi connectivity index (χ1n) is 10.8. The number of aromatic nitrogens is 1. The van der Waals surface area contributed by atoms with Crippen LogP contribution in [0.3, 0.4) is 0 Å². The van der Waals surface area contributed by atoms with Crippen molar-refractivity contribution in [2.24, 2.45) is 0 Å². The molecule has 0 aliphatic carbocycles. The number of fused-ring (bicyclic) bond motifs is 3. The molecule has 0 radical (unpaired) electrons. The highest BCUT2D eigenvalue weighted by atomic mass is 35.5. The van der Waals surface area contributed by atoms with E-state index < -0.39 is 17.9 Å². The molecule has 2 heterocycles. The zero-order chi connectivity index (χ0) is 22.0. The largest absolute Gasteiger partial charge is 0.467 e. The maximum Gasteiger partial charge on any atom is 0.328 e. The van der Waals surface area contributed by atoms with Gasteiger partial charge in [-0.25, -0.2) is 4.79 Å². The van der Waals surface area contributed by atoms with Crippen molar-refractivity contribution in [3.63, 3.8) is 0 Å². The first-order valence-corrected chi connectivity index (χ1v) is 11.2. The van der Waals surface area contributed by atoms with Gasteiger partial charge < -0.3 is 20.4 Å². The Morgan fingerprint density at radius 1 is 1.16 bits per heavy atom. The standard InChI is InChI=1S/C24H28ClN3O3.ClH/c1-14(23(29)28-22(24(30)31-2)13-17-5-3-4-10-26-17)15-6-8-18-19-12-16(25)7-9-20(19)27-21(18)11-15;/h6-9,11-12,14,17,22,26-27H,3-5,10,13H2,1-2H3,(H,28,29);1H. The lowest BCUT2D eigenvalue weighted by Crippen LogP contribution is -2.48. The van der Waals surface area contributed by atoms with Crippen LogP contribution in [0, 0.1) is 0 Å². The number of nitrogens with one attached hydrogen (secondary N) is 3. The van der Waals surface area contributed by atoms with Gasteiger partial charge in [-0.2, -0.15) is 0 Å². The topological polar surface area (TPSA) is 83.2 Å². The summed E-state index contributed by atoms with van der Waals surface area (Å²) >= 11 is 6.15. The highest BCUT2D eigenvalue weighted by molar-refractivity contribution is 6.31. The quantitative estimate of drug-likeness (QED) is 0.449. The summed E-state index contributed by atoms with van der Waals surface area (Å²) in [5, 5.41) is 9.14. The first-order chi connectivity index (χ1) is 15.0. The third-order valence-corrected chi connectivity index (χ3v) is 6.45. The number of hydrogen-bond donors (Lipinski definition) is 3. The third kappa shape index (κ3) is 5.20. The summed E-state index contributed by atoms with van der Waals surface area (Å²) in [4.78, 5) is 28.7. The molecular formula is C24H29Cl2N3O3. The van der Waals surface area contributed by atoms with Gasteiger partial charge >= 0.3 is 5.97 Å². The van der Waals surface area contributed by atoms with Crippen molar-refractivity contribution < 1.29 is 14.3 Å². The van der Waals surface area contributed by atoms with Crippen LogP contribution in [0.1, 0.15) is 44.1 Å². The van der Waals surface area contributed by atoms with Crippen LogP contribution in [0.15, 0.2) is 36.4 Å². The zero-order valence-electron chi connectivity index (χ0n) is 18.2. The number of rotatable bonds is 6. The van der Waals surface area contributed by atoms with E-state index in [1.807, 2.05) is 43.3 Å². The van der Waals surface area contributed by atoms with Crippen molar-refractivity contribution in [2.75, 3.05) is 13.7 Å². The van der Waals surface area contributed by atoms with Gasteiger partial charge in [0.25, 0.3) is 0 Å². The summed E-state index contributed by atoms with van der Waals surface area (Å²) in [6.45, 7) is 2.79. The second-order valence-electron chi connectivity index (χ2n) is 8.31. The zero-order valence-corrected chi connectivity index (χ0v) is 19.8. The maximum absolute atomic E-state index is 13.0. The van der Waals surface area contributed by atoms with Crippen LogP contribution in [0.5, 0.6) is 0 Å². The molecule has 1 aromatic heterocycles. The molecule has 3 unspecified atom stereocenters. The molecule has 32 heavy (non-hydrogen) atoms. The van der Waals surface area contributed by atoms with E-state index in [2.05, 4.69) is 15.6 Å². The van der Waals surface area contributed by atoms with Gasteiger partial charge in [0.05, 0.1) is 13.0 Å². The van der Waals surface area contributed by atoms with Crippen molar-refractivity contribution in [3.8, 4) is 0 Å². The van der Waals surface area contributed by atoms with E-state index in [-0.39, 0.29) is 24.4 Å². The molecule has 0 spiro atoms. The van der Waals surface area contributed by atoms with Crippen LogP contribution in [-0.2, 0) is 14.3 Å². The molecule has 3 atom stereocenters. The van der Waals surface area contributed by atoms with E-state index >= 15 is 0 Å². The second-order valence-corrected chi connectivity index (χ2v) is 8.74.